The SMILES string of the molecule is C[C@H](OCc1ccccc1)C(=O)N(C[C@H]1CCOC1)C1CC1. The van der Waals surface area contributed by atoms with Crippen LogP contribution in [0.4, 0.5) is 0 Å². The quantitative estimate of drug-likeness (QED) is 0.777. The van der Waals surface area contributed by atoms with Gasteiger partial charge in [0.15, 0.2) is 0 Å². The monoisotopic (exact) mass is 303 g/mol. The largest absolute Gasteiger partial charge is 0.381 e. The predicted octanol–water partition coefficient (Wildman–Crippen LogP) is 2.62. The van der Waals surface area contributed by atoms with E-state index < -0.39 is 0 Å². The number of hydrogen-bond donors (Lipinski definition) is 0. The second-order valence-electron chi connectivity index (χ2n) is 6.39. The van der Waals surface area contributed by atoms with Gasteiger partial charge in [0.25, 0.3) is 5.91 Å². The van der Waals surface area contributed by atoms with Crippen LogP contribution in [0.25, 0.3) is 0 Å². The van der Waals surface area contributed by atoms with Crippen molar-refractivity contribution in [1.82, 2.24) is 4.90 Å². The zero-order valence-electron chi connectivity index (χ0n) is 13.2. The lowest BCUT2D eigenvalue weighted by Crippen LogP contribution is -2.43. The van der Waals surface area contributed by atoms with Crippen LogP contribution in [-0.4, -0.2) is 42.7 Å². The van der Waals surface area contributed by atoms with Crippen LogP contribution in [0.2, 0.25) is 0 Å². The Balaban J connectivity index is 1.52. The topological polar surface area (TPSA) is 38.8 Å². The second kappa shape index (κ2) is 7.25. The summed E-state index contributed by atoms with van der Waals surface area (Å²) in [6.45, 7) is 4.79. The summed E-state index contributed by atoms with van der Waals surface area (Å²) in [7, 11) is 0. The minimum Gasteiger partial charge on any atom is -0.381 e. The Kier molecular flexibility index (Phi) is 5.11. The first-order valence-corrected chi connectivity index (χ1v) is 8.28. The Labute approximate surface area is 132 Å². The Morgan fingerprint density at radius 1 is 1.32 bits per heavy atom. The van der Waals surface area contributed by atoms with E-state index in [1.54, 1.807) is 0 Å². The molecule has 2 aliphatic rings. The zero-order valence-corrected chi connectivity index (χ0v) is 13.2. The highest BCUT2D eigenvalue weighted by Gasteiger charge is 2.36. The summed E-state index contributed by atoms with van der Waals surface area (Å²) < 4.78 is 11.2. The van der Waals surface area contributed by atoms with Crippen LogP contribution in [0.5, 0.6) is 0 Å². The number of benzene rings is 1. The standard InChI is InChI=1S/C18H25NO3/c1-14(22-13-15-5-3-2-4-6-15)18(20)19(17-7-8-17)11-16-9-10-21-12-16/h2-6,14,16-17H,7-13H2,1H3/t14-,16+/m0/s1. The molecule has 1 saturated carbocycles. The summed E-state index contributed by atoms with van der Waals surface area (Å²) in [4.78, 5) is 14.7. The predicted molar refractivity (Wildman–Crippen MR) is 84.4 cm³/mol. The average Bonchev–Trinajstić information content (AvgIpc) is 3.27. The molecule has 1 aromatic rings. The van der Waals surface area contributed by atoms with Gasteiger partial charge < -0.3 is 14.4 Å². The van der Waals surface area contributed by atoms with E-state index in [1.165, 1.54) is 0 Å². The molecule has 0 N–H and O–H groups in total. The van der Waals surface area contributed by atoms with Gasteiger partial charge in [-0.25, -0.2) is 0 Å². The summed E-state index contributed by atoms with van der Waals surface area (Å²) in [5.74, 6) is 0.621. The fraction of sp³-hybridized carbons (Fsp3) is 0.611. The molecule has 0 aromatic heterocycles. The maximum atomic E-state index is 12.7. The van der Waals surface area contributed by atoms with Gasteiger partial charge in [-0.1, -0.05) is 30.3 Å². The lowest BCUT2D eigenvalue weighted by molar-refractivity contribution is -0.144. The second-order valence-corrected chi connectivity index (χ2v) is 6.39. The van der Waals surface area contributed by atoms with E-state index in [9.17, 15) is 4.79 Å². The number of nitrogens with zero attached hydrogens (tertiary/aromatic N) is 1. The van der Waals surface area contributed by atoms with Crippen molar-refractivity contribution in [2.24, 2.45) is 5.92 Å². The van der Waals surface area contributed by atoms with Crippen LogP contribution in [0.3, 0.4) is 0 Å². The van der Waals surface area contributed by atoms with Crippen molar-refractivity contribution in [3.05, 3.63) is 35.9 Å². The van der Waals surface area contributed by atoms with E-state index in [4.69, 9.17) is 9.47 Å². The van der Waals surface area contributed by atoms with Crippen molar-refractivity contribution in [3.8, 4) is 0 Å². The highest BCUT2D eigenvalue weighted by atomic mass is 16.5. The minimum absolute atomic E-state index is 0.130. The molecule has 4 nitrogen and oxygen atoms in total. The van der Waals surface area contributed by atoms with Gasteiger partial charge in [-0.3, -0.25) is 4.79 Å². The number of carbonyl (C=O) groups excluding carboxylic acids is 1. The molecule has 120 valence electrons. The Bertz CT molecular complexity index is 480. The third kappa shape index (κ3) is 4.08. The minimum atomic E-state index is -0.386. The first-order chi connectivity index (χ1) is 10.7. The molecule has 22 heavy (non-hydrogen) atoms. The molecule has 1 heterocycles. The molecule has 0 spiro atoms. The van der Waals surface area contributed by atoms with Crippen LogP contribution < -0.4 is 0 Å². The molecule has 3 rings (SSSR count). The summed E-state index contributed by atoms with van der Waals surface area (Å²) in [6.07, 6.45) is 2.94. The molecular formula is C18H25NO3. The summed E-state index contributed by atoms with van der Waals surface area (Å²) in [5, 5.41) is 0. The normalized spacial score (nSPS) is 22.5. The lowest BCUT2D eigenvalue weighted by Gasteiger charge is -2.28. The Morgan fingerprint density at radius 3 is 2.73 bits per heavy atom. The summed E-state index contributed by atoms with van der Waals surface area (Å²) in [6, 6.07) is 10.4. The van der Waals surface area contributed by atoms with Crippen molar-refractivity contribution in [1.29, 1.82) is 0 Å². The van der Waals surface area contributed by atoms with Crippen LogP contribution in [0, 0.1) is 5.92 Å². The van der Waals surface area contributed by atoms with E-state index in [2.05, 4.69) is 0 Å². The van der Waals surface area contributed by atoms with Crippen molar-refractivity contribution < 1.29 is 14.3 Å². The van der Waals surface area contributed by atoms with Crippen molar-refractivity contribution >= 4 is 5.91 Å². The third-order valence-corrected chi connectivity index (χ3v) is 4.44. The molecular weight excluding hydrogens is 278 g/mol. The van der Waals surface area contributed by atoms with Gasteiger partial charge in [0.05, 0.1) is 13.2 Å². The summed E-state index contributed by atoms with van der Waals surface area (Å²) >= 11 is 0. The Hall–Kier alpha value is -1.39. The fourth-order valence-corrected chi connectivity index (χ4v) is 2.91. The van der Waals surface area contributed by atoms with E-state index in [-0.39, 0.29) is 12.0 Å². The molecule has 1 aliphatic carbocycles. The summed E-state index contributed by atoms with van der Waals surface area (Å²) in [5.41, 5.74) is 1.10. The van der Waals surface area contributed by atoms with Crippen molar-refractivity contribution in [2.75, 3.05) is 19.8 Å². The average molecular weight is 303 g/mol. The van der Waals surface area contributed by atoms with Crippen LogP contribution in [0.15, 0.2) is 30.3 Å². The number of amides is 1. The Morgan fingerprint density at radius 2 is 2.09 bits per heavy atom. The van der Waals surface area contributed by atoms with Gasteiger partial charge in [-0.15, -0.1) is 0 Å². The highest BCUT2D eigenvalue weighted by Crippen LogP contribution is 2.30. The molecule has 1 amide bonds. The van der Waals surface area contributed by atoms with Crippen LogP contribution in [0.1, 0.15) is 31.7 Å². The molecule has 2 atom stereocenters. The first kappa shape index (κ1) is 15.5. The fourth-order valence-electron chi connectivity index (χ4n) is 2.91. The smallest absolute Gasteiger partial charge is 0.251 e. The van der Waals surface area contributed by atoms with Gasteiger partial charge in [-0.2, -0.15) is 0 Å². The van der Waals surface area contributed by atoms with E-state index >= 15 is 0 Å². The molecule has 0 radical (unpaired) electrons. The lowest BCUT2D eigenvalue weighted by atomic mass is 10.1. The maximum absolute atomic E-state index is 12.7. The van der Waals surface area contributed by atoms with Crippen molar-refractivity contribution in [2.45, 2.75) is 44.9 Å². The van der Waals surface area contributed by atoms with Gasteiger partial charge >= 0.3 is 0 Å². The molecule has 2 fully saturated rings. The van der Waals surface area contributed by atoms with Gasteiger partial charge in [-0.05, 0) is 31.7 Å². The molecule has 1 saturated heterocycles. The molecule has 1 aromatic carbocycles. The van der Waals surface area contributed by atoms with E-state index in [0.29, 0.717) is 18.6 Å². The molecule has 0 unspecified atom stereocenters. The number of carbonyl (C=O) groups is 1. The van der Waals surface area contributed by atoms with E-state index in [0.717, 1.165) is 44.6 Å². The van der Waals surface area contributed by atoms with Gasteiger partial charge in [0, 0.05) is 25.1 Å². The van der Waals surface area contributed by atoms with Crippen LogP contribution >= 0.6 is 0 Å². The maximum Gasteiger partial charge on any atom is 0.251 e. The van der Waals surface area contributed by atoms with Crippen LogP contribution in [-0.2, 0) is 20.9 Å². The third-order valence-electron chi connectivity index (χ3n) is 4.44. The molecule has 0 bridgehead atoms. The van der Waals surface area contributed by atoms with Crippen molar-refractivity contribution in [3.63, 3.8) is 0 Å². The van der Waals surface area contributed by atoms with Gasteiger partial charge in [0.2, 0.25) is 0 Å². The zero-order chi connectivity index (χ0) is 15.4. The van der Waals surface area contributed by atoms with Gasteiger partial charge in [0.1, 0.15) is 6.10 Å². The number of hydrogen-bond acceptors (Lipinski definition) is 3. The number of rotatable bonds is 7. The molecule has 1 aliphatic heterocycles. The van der Waals surface area contributed by atoms with E-state index in [1.807, 2.05) is 42.2 Å². The first-order valence-electron chi connectivity index (χ1n) is 8.28. The number of ether oxygens (including phenoxy) is 2. The highest BCUT2D eigenvalue weighted by molar-refractivity contribution is 5.81. The molecule has 4 heteroatoms.